The van der Waals surface area contributed by atoms with Crippen LogP contribution in [-0.2, 0) is 9.53 Å². The van der Waals surface area contributed by atoms with E-state index in [0.29, 0.717) is 44.2 Å². The lowest BCUT2D eigenvalue weighted by Gasteiger charge is -2.34. The zero-order valence-electron chi connectivity index (χ0n) is 20.0. The van der Waals surface area contributed by atoms with Crippen molar-refractivity contribution in [2.24, 2.45) is 5.10 Å². The minimum atomic E-state index is -0.297. The Morgan fingerprint density at radius 2 is 1.82 bits per heavy atom. The van der Waals surface area contributed by atoms with Gasteiger partial charge in [-0.1, -0.05) is 47.5 Å². The quantitative estimate of drug-likeness (QED) is 0.633. The molecule has 0 aliphatic carbocycles. The molecule has 0 N–H and O–H groups in total. The maximum Gasteiger partial charge on any atom is 0.409 e. The molecule has 0 spiro atoms. The molecule has 34 heavy (non-hydrogen) atoms. The van der Waals surface area contributed by atoms with Crippen LogP contribution in [-0.4, -0.2) is 71.9 Å². The normalized spacial score (nSPS) is 18.7. The Balaban J connectivity index is 1.53. The van der Waals surface area contributed by atoms with Gasteiger partial charge in [-0.15, -0.1) is 0 Å². The molecule has 0 bridgehead atoms. The van der Waals surface area contributed by atoms with Crippen LogP contribution < -0.4 is 0 Å². The molecule has 4 rings (SSSR count). The molecule has 180 valence electrons. The van der Waals surface area contributed by atoms with Crippen LogP contribution in [0.25, 0.3) is 0 Å². The summed E-state index contributed by atoms with van der Waals surface area (Å²) in [5.41, 5.74) is 5.14. The van der Waals surface area contributed by atoms with Gasteiger partial charge in [-0.05, 0) is 44.0 Å². The van der Waals surface area contributed by atoms with Crippen molar-refractivity contribution in [1.29, 1.82) is 0 Å². The van der Waals surface area contributed by atoms with Crippen molar-refractivity contribution in [3.63, 3.8) is 0 Å². The van der Waals surface area contributed by atoms with Crippen molar-refractivity contribution >= 4 is 29.3 Å². The molecule has 1 fully saturated rings. The first-order valence-corrected chi connectivity index (χ1v) is 12.1. The number of hydrogen-bond acceptors (Lipinski definition) is 5. The Morgan fingerprint density at radius 1 is 1.09 bits per heavy atom. The lowest BCUT2D eigenvalue weighted by molar-refractivity contribution is -0.134. The lowest BCUT2D eigenvalue weighted by atomic mass is 9.95. The largest absolute Gasteiger partial charge is 0.450 e. The van der Waals surface area contributed by atoms with Gasteiger partial charge in [-0.3, -0.25) is 9.69 Å². The van der Waals surface area contributed by atoms with E-state index in [1.54, 1.807) is 16.8 Å². The van der Waals surface area contributed by atoms with Crippen LogP contribution in [0.4, 0.5) is 4.79 Å². The van der Waals surface area contributed by atoms with Gasteiger partial charge in [0.05, 0.1) is 24.9 Å². The van der Waals surface area contributed by atoms with Gasteiger partial charge in [-0.25, -0.2) is 9.80 Å². The van der Waals surface area contributed by atoms with Crippen molar-refractivity contribution in [3.05, 3.63) is 69.7 Å². The Morgan fingerprint density at radius 3 is 2.53 bits per heavy atom. The van der Waals surface area contributed by atoms with Crippen LogP contribution in [0, 0.1) is 13.8 Å². The maximum absolute atomic E-state index is 13.5. The van der Waals surface area contributed by atoms with Gasteiger partial charge < -0.3 is 9.64 Å². The fourth-order valence-electron chi connectivity index (χ4n) is 4.50. The van der Waals surface area contributed by atoms with Crippen molar-refractivity contribution in [3.8, 4) is 0 Å². The van der Waals surface area contributed by atoms with Crippen LogP contribution in [0.3, 0.4) is 0 Å². The minimum absolute atomic E-state index is 0.0742. The minimum Gasteiger partial charge on any atom is -0.450 e. The molecule has 0 aromatic heterocycles. The molecule has 2 aliphatic heterocycles. The van der Waals surface area contributed by atoms with Crippen molar-refractivity contribution in [2.45, 2.75) is 33.2 Å². The zero-order valence-corrected chi connectivity index (χ0v) is 20.7. The van der Waals surface area contributed by atoms with Crippen LogP contribution in [0.5, 0.6) is 0 Å². The van der Waals surface area contributed by atoms with Crippen LogP contribution in [0.1, 0.15) is 41.6 Å². The molecule has 2 aromatic carbocycles. The van der Waals surface area contributed by atoms with Crippen LogP contribution in [0.15, 0.2) is 47.6 Å². The van der Waals surface area contributed by atoms with Crippen molar-refractivity contribution in [2.75, 3.05) is 39.3 Å². The van der Waals surface area contributed by atoms with Crippen LogP contribution >= 0.6 is 11.6 Å². The number of ether oxygens (including phenoxy) is 1. The van der Waals surface area contributed by atoms with Gasteiger partial charge in [0.2, 0.25) is 0 Å². The molecule has 1 unspecified atom stereocenters. The summed E-state index contributed by atoms with van der Waals surface area (Å²) in [6, 6.07) is 13.7. The highest BCUT2D eigenvalue weighted by Crippen LogP contribution is 2.37. The Labute approximate surface area is 205 Å². The number of nitrogens with zero attached hydrogens (tertiary/aromatic N) is 4. The monoisotopic (exact) mass is 482 g/mol. The number of hydrogen-bond donors (Lipinski definition) is 0. The second kappa shape index (κ2) is 10.6. The highest BCUT2D eigenvalue weighted by atomic mass is 35.5. The van der Waals surface area contributed by atoms with E-state index >= 15 is 0 Å². The third-order valence-electron chi connectivity index (χ3n) is 6.39. The average Bonchev–Trinajstić information content (AvgIpc) is 3.27. The zero-order chi connectivity index (χ0) is 24.2. The highest BCUT2D eigenvalue weighted by Gasteiger charge is 2.35. The smallest absolute Gasteiger partial charge is 0.409 e. The summed E-state index contributed by atoms with van der Waals surface area (Å²) in [6.07, 6.45) is 0.311. The number of carbonyl (C=O) groups is 2. The van der Waals surface area contributed by atoms with E-state index in [1.807, 2.05) is 24.3 Å². The van der Waals surface area contributed by atoms with E-state index in [0.717, 1.165) is 28.0 Å². The summed E-state index contributed by atoms with van der Waals surface area (Å²) in [6.45, 7) is 8.82. The average molecular weight is 483 g/mol. The van der Waals surface area contributed by atoms with E-state index in [9.17, 15) is 9.59 Å². The summed E-state index contributed by atoms with van der Waals surface area (Å²) >= 11 is 6.54. The van der Waals surface area contributed by atoms with Gasteiger partial charge >= 0.3 is 6.09 Å². The standard InChI is InChI=1S/C26H31ClN4O3/c1-4-34-26(33)30-13-11-29(12-14-30)17-25(32)31-24(20-7-5-6-8-22(20)27)16-23(28-31)21-15-18(2)9-10-19(21)3/h5-10,15,24H,4,11-14,16-17H2,1-3H3. The number of piperazine rings is 1. The molecular weight excluding hydrogens is 452 g/mol. The number of hydrazone groups is 1. The molecule has 2 aromatic rings. The summed E-state index contributed by atoms with van der Waals surface area (Å²) in [5.74, 6) is -0.0742. The number of rotatable bonds is 5. The number of carbonyl (C=O) groups excluding carboxylic acids is 2. The van der Waals surface area contributed by atoms with Gasteiger partial charge in [0, 0.05) is 43.2 Å². The van der Waals surface area contributed by atoms with Gasteiger partial charge in [0.25, 0.3) is 5.91 Å². The summed E-state index contributed by atoms with van der Waals surface area (Å²) in [5, 5.41) is 7.06. The summed E-state index contributed by atoms with van der Waals surface area (Å²) < 4.78 is 5.09. The maximum atomic E-state index is 13.5. The third kappa shape index (κ3) is 5.26. The second-order valence-corrected chi connectivity index (χ2v) is 9.21. The fraction of sp³-hybridized carbons (Fsp3) is 0.423. The van der Waals surface area contributed by atoms with E-state index in [2.05, 4.69) is 36.9 Å². The summed E-state index contributed by atoms with van der Waals surface area (Å²) in [4.78, 5) is 29.2. The molecular formula is C26H31ClN4O3. The SMILES string of the molecule is CCOC(=O)N1CCN(CC(=O)N2N=C(c3cc(C)ccc3C)CC2c2ccccc2Cl)CC1. The first kappa shape index (κ1) is 24.2. The highest BCUT2D eigenvalue weighted by molar-refractivity contribution is 6.31. The van der Waals surface area contributed by atoms with E-state index in [1.165, 1.54) is 0 Å². The first-order chi connectivity index (χ1) is 16.4. The van der Waals surface area contributed by atoms with Gasteiger partial charge in [0.1, 0.15) is 0 Å². The van der Waals surface area contributed by atoms with Gasteiger partial charge in [0.15, 0.2) is 0 Å². The predicted octanol–water partition coefficient (Wildman–Crippen LogP) is 4.41. The second-order valence-electron chi connectivity index (χ2n) is 8.81. The fourth-order valence-corrected chi connectivity index (χ4v) is 4.77. The number of amides is 2. The molecule has 2 heterocycles. The summed E-state index contributed by atoms with van der Waals surface area (Å²) in [7, 11) is 0. The lowest BCUT2D eigenvalue weighted by Crippen LogP contribution is -2.51. The molecule has 8 heteroatoms. The Bertz CT molecular complexity index is 1100. The van der Waals surface area contributed by atoms with Crippen molar-refractivity contribution in [1.82, 2.24) is 14.8 Å². The Hall–Kier alpha value is -2.90. The predicted molar refractivity (Wildman–Crippen MR) is 133 cm³/mol. The third-order valence-corrected chi connectivity index (χ3v) is 6.74. The number of aryl methyl sites for hydroxylation is 2. The molecule has 7 nitrogen and oxygen atoms in total. The Kier molecular flexibility index (Phi) is 7.54. The topological polar surface area (TPSA) is 65.5 Å². The van der Waals surface area contributed by atoms with E-state index in [-0.39, 0.29) is 24.6 Å². The molecule has 2 aliphatic rings. The van der Waals surface area contributed by atoms with Crippen molar-refractivity contribution < 1.29 is 14.3 Å². The number of benzene rings is 2. The molecule has 2 amide bonds. The molecule has 1 saturated heterocycles. The molecule has 0 radical (unpaired) electrons. The molecule has 0 saturated carbocycles. The number of halogens is 1. The van der Waals surface area contributed by atoms with Gasteiger partial charge in [-0.2, -0.15) is 5.10 Å². The van der Waals surface area contributed by atoms with Crippen LogP contribution in [0.2, 0.25) is 5.02 Å². The van der Waals surface area contributed by atoms with E-state index < -0.39 is 0 Å². The van der Waals surface area contributed by atoms with E-state index in [4.69, 9.17) is 21.4 Å². The molecule has 1 atom stereocenters. The first-order valence-electron chi connectivity index (χ1n) is 11.7.